The minimum atomic E-state index is -0.00228. The van der Waals surface area contributed by atoms with Gasteiger partial charge in [-0.1, -0.05) is 12.8 Å². The molecule has 186 valence electrons. The molecule has 10 nitrogen and oxygen atoms in total. The number of hydrogen-bond acceptors (Lipinski definition) is 8. The van der Waals surface area contributed by atoms with Crippen molar-refractivity contribution in [2.75, 3.05) is 62.0 Å². The Labute approximate surface area is 205 Å². The summed E-state index contributed by atoms with van der Waals surface area (Å²) in [4.78, 5) is 40.6. The maximum Gasteiger partial charge on any atom is 0.254 e. The average molecular weight is 480 g/mol. The molecule has 1 aromatic carbocycles. The number of fused-ring (bicyclic) bond motifs is 1. The van der Waals surface area contributed by atoms with Crippen LogP contribution in [0.2, 0.25) is 0 Å². The number of methoxy groups -OCH3 is 1. The van der Waals surface area contributed by atoms with Gasteiger partial charge < -0.3 is 30.1 Å². The lowest BCUT2D eigenvalue weighted by Gasteiger charge is -2.30. The molecule has 2 amide bonds. The zero-order valence-electron chi connectivity index (χ0n) is 20.4. The number of carbonyl (C=O) groups is 2. The van der Waals surface area contributed by atoms with Gasteiger partial charge >= 0.3 is 0 Å². The van der Waals surface area contributed by atoms with Crippen LogP contribution in [0.4, 0.5) is 23.1 Å². The Morgan fingerprint density at radius 2 is 1.94 bits per heavy atom. The van der Waals surface area contributed by atoms with Gasteiger partial charge in [0, 0.05) is 57.8 Å². The minimum Gasteiger partial charge on any atom is -0.495 e. The predicted octanol–water partition coefficient (Wildman–Crippen LogP) is 2.39. The van der Waals surface area contributed by atoms with Crippen LogP contribution < -0.4 is 25.2 Å². The normalized spacial score (nSPS) is 18.9. The standard InChI is InChI=1S/C25H33N7O3/c1-30-20-16-27-25(29-23(20)32(12-9-22(30)33)18-5-3-4-6-18)28-19-8-7-17(15-21(19)35-2)24(34)31-13-10-26-11-14-31/h7-8,15-16,18,26H,3-6,9-14H2,1-2H3,(H,27,28,29). The van der Waals surface area contributed by atoms with Gasteiger partial charge in [0.25, 0.3) is 5.91 Å². The zero-order chi connectivity index (χ0) is 24.4. The van der Waals surface area contributed by atoms with Gasteiger partial charge in [-0.3, -0.25) is 9.59 Å². The van der Waals surface area contributed by atoms with Crippen molar-refractivity contribution in [2.24, 2.45) is 0 Å². The lowest BCUT2D eigenvalue weighted by molar-refractivity contribution is -0.118. The quantitative estimate of drug-likeness (QED) is 0.674. The topological polar surface area (TPSA) is 103 Å². The van der Waals surface area contributed by atoms with E-state index in [1.807, 2.05) is 11.0 Å². The summed E-state index contributed by atoms with van der Waals surface area (Å²) in [6.07, 6.45) is 6.80. The van der Waals surface area contributed by atoms with Crippen molar-refractivity contribution in [3.8, 4) is 5.75 Å². The Morgan fingerprint density at radius 1 is 1.17 bits per heavy atom. The van der Waals surface area contributed by atoms with Crippen molar-refractivity contribution >= 4 is 35.0 Å². The fourth-order valence-electron chi connectivity index (χ4n) is 5.17. The van der Waals surface area contributed by atoms with E-state index < -0.39 is 0 Å². The van der Waals surface area contributed by atoms with E-state index in [0.717, 1.165) is 37.4 Å². The van der Waals surface area contributed by atoms with Crippen LogP contribution in [0, 0.1) is 0 Å². The van der Waals surface area contributed by atoms with Crippen LogP contribution in [0.3, 0.4) is 0 Å². The van der Waals surface area contributed by atoms with Crippen molar-refractivity contribution in [3.63, 3.8) is 0 Å². The van der Waals surface area contributed by atoms with E-state index in [1.165, 1.54) is 12.8 Å². The fraction of sp³-hybridized carbons (Fsp3) is 0.520. The molecule has 1 saturated carbocycles. The first-order valence-corrected chi connectivity index (χ1v) is 12.4. The molecule has 3 heterocycles. The summed E-state index contributed by atoms with van der Waals surface area (Å²) in [7, 11) is 3.37. The number of benzene rings is 1. The zero-order valence-corrected chi connectivity index (χ0v) is 20.4. The SMILES string of the molecule is COc1cc(C(=O)N2CCNCC2)ccc1Nc1ncc2c(n1)N(C1CCCC1)CCC(=O)N2C. The largest absolute Gasteiger partial charge is 0.495 e. The molecule has 10 heteroatoms. The number of nitrogens with one attached hydrogen (secondary N) is 2. The Balaban J connectivity index is 1.42. The van der Waals surface area contributed by atoms with E-state index in [9.17, 15) is 9.59 Å². The number of carbonyl (C=O) groups excluding carboxylic acids is 2. The van der Waals surface area contributed by atoms with Crippen LogP contribution in [-0.2, 0) is 4.79 Å². The molecule has 5 rings (SSSR count). The Kier molecular flexibility index (Phi) is 6.72. The second-order valence-corrected chi connectivity index (χ2v) is 9.32. The van der Waals surface area contributed by atoms with E-state index in [4.69, 9.17) is 9.72 Å². The number of hydrogen-bond donors (Lipinski definition) is 2. The molecular weight excluding hydrogens is 446 g/mol. The van der Waals surface area contributed by atoms with Crippen LogP contribution >= 0.6 is 0 Å². The highest BCUT2D eigenvalue weighted by Crippen LogP contribution is 2.37. The molecule has 35 heavy (non-hydrogen) atoms. The van der Waals surface area contributed by atoms with Crippen LogP contribution in [0.15, 0.2) is 24.4 Å². The molecule has 0 atom stereocenters. The number of aromatic nitrogens is 2. The number of anilines is 4. The Morgan fingerprint density at radius 3 is 2.69 bits per heavy atom. The lowest BCUT2D eigenvalue weighted by atomic mass is 10.1. The molecule has 1 aromatic heterocycles. The van der Waals surface area contributed by atoms with Crippen molar-refractivity contribution < 1.29 is 14.3 Å². The highest BCUT2D eigenvalue weighted by atomic mass is 16.5. The van der Waals surface area contributed by atoms with E-state index in [-0.39, 0.29) is 11.8 Å². The van der Waals surface area contributed by atoms with Crippen molar-refractivity contribution in [2.45, 2.75) is 38.1 Å². The van der Waals surface area contributed by atoms with E-state index in [0.29, 0.717) is 55.0 Å². The summed E-state index contributed by atoms with van der Waals surface area (Å²) in [5.41, 5.74) is 1.99. The number of rotatable bonds is 5. The molecular formula is C25H33N7O3. The first-order chi connectivity index (χ1) is 17.0. The molecule has 2 aliphatic heterocycles. The predicted molar refractivity (Wildman–Crippen MR) is 135 cm³/mol. The van der Waals surface area contributed by atoms with Crippen molar-refractivity contribution in [1.82, 2.24) is 20.2 Å². The Hall–Kier alpha value is -3.40. The summed E-state index contributed by atoms with van der Waals surface area (Å²) >= 11 is 0. The van der Waals surface area contributed by atoms with Gasteiger partial charge in [-0.15, -0.1) is 0 Å². The van der Waals surface area contributed by atoms with Crippen LogP contribution in [0.25, 0.3) is 0 Å². The van der Waals surface area contributed by atoms with Crippen LogP contribution in [0.5, 0.6) is 5.75 Å². The smallest absolute Gasteiger partial charge is 0.254 e. The summed E-state index contributed by atoms with van der Waals surface area (Å²) < 4.78 is 5.60. The average Bonchev–Trinajstić information content (AvgIpc) is 3.40. The van der Waals surface area contributed by atoms with Gasteiger partial charge in [0.05, 0.1) is 19.0 Å². The molecule has 0 spiro atoms. The van der Waals surface area contributed by atoms with Crippen LogP contribution in [0.1, 0.15) is 42.5 Å². The molecule has 2 N–H and O–H groups in total. The number of nitrogens with zero attached hydrogens (tertiary/aromatic N) is 5. The van der Waals surface area contributed by atoms with E-state index in [1.54, 1.807) is 37.4 Å². The second kappa shape index (κ2) is 10.1. The summed E-state index contributed by atoms with van der Waals surface area (Å²) in [5, 5.41) is 6.53. The third kappa shape index (κ3) is 4.75. The highest BCUT2D eigenvalue weighted by Gasteiger charge is 2.31. The first kappa shape index (κ1) is 23.3. The molecule has 2 aromatic rings. The highest BCUT2D eigenvalue weighted by molar-refractivity contribution is 5.97. The van der Waals surface area contributed by atoms with Gasteiger partial charge in [0.1, 0.15) is 11.4 Å². The molecule has 1 aliphatic carbocycles. The van der Waals surface area contributed by atoms with Gasteiger partial charge in [-0.05, 0) is 31.0 Å². The fourth-order valence-corrected chi connectivity index (χ4v) is 5.17. The van der Waals surface area contributed by atoms with Crippen LogP contribution in [-0.4, -0.2) is 79.6 Å². The molecule has 0 bridgehead atoms. The maximum absolute atomic E-state index is 12.9. The molecule has 1 saturated heterocycles. The van der Waals surface area contributed by atoms with Gasteiger partial charge in [0.15, 0.2) is 5.82 Å². The summed E-state index contributed by atoms with van der Waals surface area (Å²) in [5.74, 6) is 1.82. The van der Waals surface area contributed by atoms with Gasteiger partial charge in [-0.2, -0.15) is 4.98 Å². The monoisotopic (exact) mass is 479 g/mol. The van der Waals surface area contributed by atoms with E-state index in [2.05, 4.69) is 20.5 Å². The minimum absolute atomic E-state index is 0.00228. The third-order valence-corrected chi connectivity index (χ3v) is 7.19. The number of piperazine rings is 1. The summed E-state index contributed by atoms with van der Waals surface area (Å²) in [6, 6.07) is 5.78. The van der Waals surface area contributed by atoms with Crippen molar-refractivity contribution in [1.29, 1.82) is 0 Å². The molecule has 3 aliphatic rings. The lowest BCUT2D eigenvalue weighted by Crippen LogP contribution is -2.46. The number of ether oxygens (including phenoxy) is 1. The van der Waals surface area contributed by atoms with Gasteiger partial charge in [0.2, 0.25) is 11.9 Å². The second-order valence-electron chi connectivity index (χ2n) is 9.32. The molecule has 2 fully saturated rings. The van der Waals surface area contributed by atoms with Crippen molar-refractivity contribution in [3.05, 3.63) is 30.0 Å². The molecule has 0 radical (unpaired) electrons. The first-order valence-electron chi connectivity index (χ1n) is 12.4. The number of amides is 2. The Bertz CT molecular complexity index is 1100. The van der Waals surface area contributed by atoms with Gasteiger partial charge in [-0.25, -0.2) is 4.98 Å². The molecule has 0 unspecified atom stereocenters. The maximum atomic E-state index is 12.9. The van der Waals surface area contributed by atoms with E-state index >= 15 is 0 Å². The third-order valence-electron chi connectivity index (χ3n) is 7.19. The summed E-state index contributed by atoms with van der Waals surface area (Å²) in [6.45, 7) is 3.65.